The molecule has 0 aliphatic heterocycles. The summed E-state index contributed by atoms with van der Waals surface area (Å²) >= 11 is 5.11. The van der Waals surface area contributed by atoms with Crippen LogP contribution in [0.5, 0.6) is 0 Å². The second-order valence-electron chi connectivity index (χ2n) is 6.72. The number of hydrogen-bond acceptors (Lipinski definition) is 5. The van der Waals surface area contributed by atoms with Crippen LogP contribution in [0.2, 0.25) is 0 Å². The Morgan fingerprint density at radius 1 is 1.00 bits per heavy atom. The van der Waals surface area contributed by atoms with E-state index >= 15 is 0 Å². The zero-order valence-electron chi connectivity index (χ0n) is 16.9. The van der Waals surface area contributed by atoms with Gasteiger partial charge >= 0.3 is 0 Å². The molecular formula is C22H21N3O4S2. The van der Waals surface area contributed by atoms with Crippen molar-refractivity contribution in [2.75, 3.05) is 10.0 Å². The second-order valence-corrected chi connectivity index (χ2v) is 8.81. The van der Waals surface area contributed by atoms with Crippen molar-refractivity contribution in [1.82, 2.24) is 5.32 Å². The Morgan fingerprint density at radius 3 is 2.35 bits per heavy atom. The van der Waals surface area contributed by atoms with Crippen LogP contribution in [0.3, 0.4) is 0 Å². The van der Waals surface area contributed by atoms with Gasteiger partial charge < -0.3 is 9.73 Å². The Labute approximate surface area is 186 Å². The van der Waals surface area contributed by atoms with Gasteiger partial charge in [0.2, 0.25) is 5.91 Å². The highest BCUT2D eigenvalue weighted by molar-refractivity contribution is 7.92. The molecule has 0 aliphatic carbocycles. The molecule has 2 aromatic carbocycles. The number of sulfonamides is 1. The minimum Gasteiger partial charge on any atom is -0.465 e. The normalized spacial score (nSPS) is 11.3. The molecule has 3 rings (SSSR count). The Kier molecular flexibility index (Phi) is 6.88. The SMILES string of the molecule is Cc1ccc(NS(=O)(=O)c2ccc(NC(=S)NC(=O)C=Cc3ccco3)cc2)cc1C. The molecule has 0 atom stereocenters. The zero-order chi connectivity index (χ0) is 22.4. The van der Waals surface area contributed by atoms with Crippen LogP contribution in [-0.2, 0) is 14.8 Å². The largest absolute Gasteiger partial charge is 0.465 e. The average molecular weight is 456 g/mol. The first-order chi connectivity index (χ1) is 14.7. The molecular weight excluding hydrogens is 434 g/mol. The number of hydrogen-bond donors (Lipinski definition) is 3. The predicted molar refractivity (Wildman–Crippen MR) is 125 cm³/mol. The summed E-state index contributed by atoms with van der Waals surface area (Å²) in [5, 5.41) is 5.42. The lowest BCUT2D eigenvalue weighted by Gasteiger charge is -2.11. The van der Waals surface area contributed by atoms with Gasteiger partial charge in [0.15, 0.2) is 5.11 Å². The minimum absolute atomic E-state index is 0.0814. The molecule has 160 valence electrons. The molecule has 31 heavy (non-hydrogen) atoms. The number of anilines is 2. The number of thiocarbonyl (C=S) groups is 1. The van der Waals surface area contributed by atoms with Gasteiger partial charge in [-0.3, -0.25) is 14.8 Å². The third kappa shape index (κ3) is 6.27. The molecule has 0 fully saturated rings. The van der Waals surface area contributed by atoms with E-state index in [1.807, 2.05) is 19.9 Å². The summed E-state index contributed by atoms with van der Waals surface area (Å²) in [7, 11) is -3.73. The van der Waals surface area contributed by atoms with E-state index in [4.69, 9.17) is 16.6 Å². The second kappa shape index (κ2) is 9.59. The number of amides is 1. The number of carbonyl (C=O) groups excluding carboxylic acids is 1. The van der Waals surface area contributed by atoms with Gasteiger partial charge in [-0.2, -0.15) is 0 Å². The van der Waals surface area contributed by atoms with E-state index in [1.54, 1.807) is 36.4 Å². The van der Waals surface area contributed by atoms with Gasteiger partial charge in [-0.05, 0) is 91.8 Å². The molecule has 0 spiro atoms. The van der Waals surface area contributed by atoms with Gasteiger partial charge in [-0.15, -0.1) is 0 Å². The molecule has 1 amide bonds. The van der Waals surface area contributed by atoms with E-state index in [0.717, 1.165) is 11.1 Å². The van der Waals surface area contributed by atoms with Crippen molar-refractivity contribution in [1.29, 1.82) is 0 Å². The van der Waals surface area contributed by atoms with Gasteiger partial charge in [0.1, 0.15) is 5.76 Å². The standard InChI is InChI=1S/C22H21N3O4S2/c1-15-5-6-18(14-16(15)2)25-31(27,28)20-10-7-17(8-11-20)23-22(30)24-21(26)12-9-19-4-3-13-29-19/h3-14,25H,1-2H3,(H2,23,24,26,30). The van der Waals surface area contributed by atoms with Crippen LogP contribution >= 0.6 is 12.2 Å². The van der Waals surface area contributed by atoms with Crippen LogP contribution in [0.25, 0.3) is 6.08 Å². The van der Waals surface area contributed by atoms with Crippen LogP contribution in [0.4, 0.5) is 11.4 Å². The molecule has 1 heterocycles. The Balaban J connectivity index is 1.59. The lowest BCUT2D eigenvalue weighted by molar-refractivity contribution is -0.115. The predicted octanol–water partition coefficient (Wildman–Crippen LogP) is 4.22. The molecule has 3 aromatic rings. The first-order valence-corrected chi connectivity index (χ1v) is 11.2. The lowest BCUT2D eigenvalue weighted by atomic mass is 10.1. The summed E-state index contributed by atoms with van der Waals surface area (Å²) in [5.74, 6) is 0.117. The van der Waals surface area contributed by atoms with E-state index in [9.17, 15) is 13.2 Å². The third-order valence-corrected chi connectivity index (χ3v) is 5.96. The number of furan rings is 1. The monoisotopic (exact) mass is 455 g/mol. The number of aryl methyl sites for hydroxylation is 2. The highest BCUT2D eigenvalue weighted by atomic mass is 32.2. The van der Waals surface area contributed by atoms with Crippen molar-refractivity contribution in [2.45, 2.75) is 18.7 Å². The highest BCUT2D eigenvalue weighted by Crippen LogP contribution is 2.20. The summed E-state index contributed by atoms with van der Waals surface area (Å²) in [6, 6.07) is 14.8. The van der Waals surface area contributed by atoms with Gasteiger partial charge in [-0.1, -0.05) is 6.07 Å². The summed E-state index contributed by atoms with van der Waals surface area (Å²) in [4.78, 5) is 12.0. The summed E-state index contributed by atoms with van der Waals surface area (Å²) < 4.78 is 32.9. The Bertz CT molecular complexity index is 1220. The molecule has 9 heteroatoms. The number of rotatable bonds is 6. The first-order valence-electron chi connectivity index (χ1n) is 9.27. The van der Waals surface area contributed by atoms with E-state index in [1.165, 1.54) is 30.5 Å². The molecule has 0 aliphatic rings. The van der Waals surface area contributed by atoms with E-state index in [2.05, 4.69) is 15.4 Å². The van der Waals surface area contributed by atoms with Crippen molar-refractivity contribution in [2.24, 2.45) is 0 Å². The summed E-state index contributed by atoms with van der Waals surface area (Å²) in [6.07, 6.45) is 4.31. The molecule has 7 nitrogen and oxygen atoms in total. The van der Waals surface area contributed by atoms with Crippen molar-refractivity contribution in [3.05, 3.63) is 83.8 Å². The van der Waals surface area contributed by atoms with Crippen molar-refractivity contribution >= 4 is 50.7 Å². The molecule has 1 aromatic heterocycles. The van der Waals surface area contributed by atoms with Crippen LogP contribution in [0.15, 0.2) is 76.2 Å². The maximum absolute atomic E-state index is 12.6. The maximum atomic E-state index is 12.6. The fourth-order valence-electron chi connectivity index (χ4n) is 2.60. The van der Waals surface area contributed by atoms with Gasteiger partial charge in [0, 0.05) is 17.5 Å². The highest BCUT2D eigenvalue weighted by Gasteiger charge is 2.14. The maximum Gasteiger partial charge on any atom is 0.261 e. The minimum atomic E-state index is -3.73. The van der Waals surface area contributed by atoms with E-state index < -0.39 is 15.9 Å². The topological polar surface area (TPSA) is 100 Å². The van der Waals surface area contributed by atoms with Crippen molar-refractivity contribution < 1.29 is 17.6 Å². The third-order valence-electron chi connectivity index (χ3n) is 4.36. The molecule has 0 radical (unpaired) electrons. The van der Waals surface area contributed by atoms with Crippen molar-refractivity contribution in [3.63, 3.8) is 0 Å². The lowest BCUT2D eigenvalue weighted by Crippen LogP contribution is -2.32. The fraction of sp³-hybridized carbons (Fsp3) is 0.0909. The van der Waals surface area contributed by atoms with Gasteiger partial charge in [0.25, 0.3) is 10.0 Å². The van der Waals surface area contributed by atoms with Gasteiger partial charge in [0.05, 0.1) is 11.2 Å². The smallest absolute Gasteiger partial charge is 0.261 e. The molecule has 0 unspecified atom stereocenters. The fourth-order valence-corrected chi connectivity index (χ4v) is 3.86. The Morgan fingerprint density at radius 2 is 1.71 bits per heavy atom. The number of carbonyl (C=O) groups is 1. The molecule has 3 N–H and O–H groups in total. The summed E-state index contributed by atoms with van der Waals surface area (Å²) in [5.41, 5.74) is 3.11. The summed E-state index contributed by atoms with van der Waals surface area (Å²) in [6.45, 7) is 3.88. The van der Waals surface area contributed by atoms with Gasteiger partial charge in [-0.25, -0.2) is 8.42 Å². The molecule has 0 saturated heterocycles. The first kappa shape index (κ1) is 22.3. The molecule has 0 bridgehead atoms. The number of benzene rings is 2. The average Bonchev–Trinajstić information content (AvgIpc) is 3.23. The van der Waals surface area contributed by atoms with Crippen molar-refractivity contribution in [3.8, 4) is 0 Å². The van der Waals surface area contributed by atoms with Crippen LogP contribution in [0, 0.1) is 13.8 Å². The number of nitrogens with one attached hydrogen (secondary N) is 3. The van der Waals surface area contributed by atoms with E-state index in [-0.39, 0.29) is 10.0 Å². The van der Waals surface area contributed by atoms with E-state index in [0.29, 0.717) is 17.1 Å². The van der Waals surface area contributed by atoms with Crippen LogP contribution in [0.1, 0.15) is 16.9 Å². The Hall–Kier alpha value is -3.43. The quantitative estimate of drug-likeness (QED) is 0.380. The van der Waals surface area contributed by atoms with Crippen LogP contribution in [-0.4, -0.2) is 19.4 Å². The zero-order valence-corrected chi connectivity index (χ0v) is 18.5. The van der Waals surface area contributed by atoms with Crippen LogP contribution < -0.4 is 15.4 Å². The molecule has 0 saturated carbocycles.